The molecule has 11 heteroatoms. The number of halogens is 3. The molecule has 31 heavy (non-hydrogen) atoms. The molecule has 3 rings (SSSR count). The second-order valence-electron chi connectivity index (χ2n) is 7.11. The van der Waals surface area contributed by atoms with Gasteiger partial charge in [0.2, 0.25) is 5.91 Å². The highest BCUT2D eigenvalue weighted by atomic mass is 19.3. The summed E-state index contributed by atoms with van der Waals surface area (Å²) in [6.07, 6.45) is 1.37. The van der Waals surface area contributed by atoms with Gasteiger partial charge in [-0.25, -0.2) is 22.9 Å². The predicted molar refractivity (Wildman–Crippen MR) is 106 cm³/mol. The van der Waals surface area contributed by atoms with Crippen LogP contribution in [0.3, 0.4) is 0 Å². The lowest BCUT2D eigenvalue weighted by molar-refractivity contribution is -0.117. The molecule has 2 aromatic rings. The van der Waals surface area contributed by atoms with E-state index in [0.29, 0.717) is 11.1 Å². The second kappa shape index (κ2) is 9.31. The molecule has 0 bridgehead atoms. The number of nitrogens with zero attached hydrogens (tertiary/aromatic N) is 2. The van der Waals surface area contributed by atoms with Gasteiger partial charge in [0, 0.05) is 13.3 Å². The van der Waals surface area contributed by atoms with Crippen LogP contribution in [0.1, 0.15) is 23.2 Å². The highest BCUT2D eigenvalue weighted by Crippen LogP contribution is 2.29. The molecule has 2 heterocycles. The highest BCUT2D eigenvalue weighted by molar-refractivity contribution is 5.94. The largest absolute Gasteiger partial charge is 0.382 e. The number of aromatic nitrogens is 1. The van der Waals surface area contributed by atoms with Crippen LogP contribution < -0.4 is 16.4 Å². The molecule has 1 aliphatic heterocycles. The Labute approximate surface area is 176 Å². The average molecular weight is 437 g/mol. The predicted octanol–water partition coefficient (Wildman–Crippen LogP) is 2.21. The SMILES string of the molecule is COC[C@H](c1ccnc(NC(=O)[C@@H](N)c2ccc(F)cc2)c1)N1CC(F)(F)CNC1=O. The maximum Gasteiger partial charge on any atom is 0.318 e. The minimum atomic E-state index is -3.09. The van der Waals surface area contributed by atoms with Crippen molar-refractivity contribution in [2.24, 2.45) is 5.73 Å². The topological polar surface area (TPSA) is 110 Å². The number of amides is 3. The summed E-state index contributed by atoms with van der Waals surface area (Å²) in [7, 11) is 1.39. The first kappa shape index (κ1) is 22.5. The number of hydrogen-bond donors (Lipinski definition) is 3. The fourth-order valence-corrected chi connectivity index (χ4v) is 3.21. The summed E-state index contributed by atoms with van der Waals surface area (Å²) in [5.74, 6) is -4.03. The number of urea groups is 1. The zero-order valence-electron chi connectivity index (χ0n) is 16.6. The molecule has 0 radical (unpaired) electrons. The van der Waals surface area contributed by atoms with E-state index in [1.54, 1.807) is 6.07 Å². The highest BCUT2D eigenvalue weighted by Gasteiger charge is 2.42. The van der Waals surface area contributed by atoms with E-state index in [1.165, 1.54) is 43.6 Å². The number of carbonyl (C=O) groups excluding carboxylic acids is 2. The van der Waals surface area contributed by atoms with Crippen LogP contribution in [-0.2, 0) is 9.53 Å². The maximum absolute atomic E-state index is 13.9. The number of methoxy groups -OCH3 is 1. The summed E-state index contributed by atoms with van der Waals surface area (Å²) >= 11 is 0. The monoisotopic (exact) mass is 437 g/mol. The number of pyridine rings is 1. The van der Waals surface area contributed by atoms with Crippen LogP contribution in [0, 0.1) is 5.82 Å². The van der Waals surface area contributed by atoms with Crippen molar-refractivity contribution >= 4 is 17.8 Å². The summed E-state index contributed by atoms with van der Waals surface area (Å²) in [5, 5.41) is 4.71. The Balaban J connectivity index is 1.79. The number of nitrogens with two attached hydrogens (primary N) is 1. The van der Waals surface area contributed by atoms with Gasteiger partial charge in [-0.2, -0.15) is 0 Å². The van der Waals surface area contributed by atoms with Gasteiger partial charge < -0.3 is 26.0 Å². The summed E-state index contributed by atoms with van der Waals surface area (Å²) in [6, 6.07) is 5.62. The summed E-state index contributed by atoms with van der Waals surface area (Å²) in [6.45, 7) is -1.55. The number of anilines is 1. The minimum absolute atomic E-state index is 0.0456. The number of alkyl halides is 2. The van der Waals surface area contributed by atoms with Crippen LogP contribution in [0.2, 0.25) is 0 Å². The van der Waals surface area contributed by atoms with Gasteiger partial charge in [0.15, 0.2) is 0 Å². The van der Waals surface area contributed by atoms with Gasteiger partial charge in [-0.3, -0.25) is 4.79 Å². The van der Waals surface area contributed by atoms with Gasteiger partial charge in [-0.05, 0) is 35.4 Å². The van der Waals surface area contributed by atoms with E-state index in [9.17, 15) is 22.8 Å². The van der Waals surface area contributed by atoms with Gasteiger partial charge in [-0.15, -0.1) is 0 Å². The van der Waals surface area contributed by atoms with Crippen molar-refractivity contribution in [3.05, 3.63) is 59.5 Å². The molecule has 1 aromatic carbocycles. The molecular formula is C20H22F3N5O3. The van der Waals surface area contributed by atoms with Gasteiger partial charge in [0.05, 0.1) is 25.7 Å². The number of ether oxygens (including phenoxy) is 1. The molecule has 8 nitrogen and oxygen atoms in total. The molecule has 0 aliphatic carbocycles. The van der Waals surface area contributed by atoms with Gasteiger partial charge in [-0.1, -0.05) is 12.1 Å². The molecule has 2 atom stereocenters. The third kappa shape index (κ3) is 5.50. The Kier molecular flexibility index (Phi) is 6.76. The summed E-state index contributed by atoms with van der Waals surface area (Å²) in [4.78, 5) is 29.7. The molecule has 4 N–H and O–H groups in total. The normalized spacial score (nSPS) is 17.6. The number of carbonyl (C=O) groups is 2. The molecule has 1 saturated heterocycles. The quantitative estimate of drug-likeness (QED) is 0.615. The van der Waals surface area contributed by atoms with E-state index in [4.69, 9.17) is 10.5 Å². The minimum Gasteiger partial charge on any atom is -0.382 e. The summed E-state index contributed by atoms with van der Waals surface area (Å²) in [5.41, 5.74) is 6.76. The van der Waals surface area contributed by atoms with E-state index in [0.717, 1.165) is 4.90 Å². The molecule has 1 aliphatic rings. The van der Waals surface area contributed by atoms with Crippen molar-refractivity contribution in [1.82, 2.24) is 15.2 Å². The lowest BCUT2D eigenvalue weighted by atomic mass is 10.1. The third-order valence-corrected chi connectivity index (χ3v) is 4.79. The Morgan fingerprint density at radius 1 is 1.32 bits per heavy atom. The zero-order valence-corrected chi connectivity index (χ0v) is 16.6. The van der Waals surface area contributed by atoms with Gasteiger partial charge in [0.1, 0.15) is 17.7 Å². The van der Waals surface area contributed by atoms with Crippen molar-refractivity contribution < 1.29 is 27.5 Å². The fraction of sp³-hybridized carbons (Fsp3) is 0.350. The van der Waals surface area contributed by atoms with Crippen LogP contribution >= 0.6 is 0 Å². The van der Waals surface area contributed by atoms with Crippen molar-refractivity contribution in [3.8, 4) is 0 Å². The number of rotatable bonds is 7. The van der Waals surface area contributed by atoms with Crippen LogP contribution in [-0.4, -0.2) is 54.6 Å². The lowest BCUT2D eigenvalue weighted by Crippen LogP contribution is -2.58. The van der Waals surface area contributed by atoms with Crippen LogP contribution in [0.5, 0.6) is 0 Å². The zero-order chi connectivity index (χ0) is 22.6. The average Bonchev–Trinajstić information content (AvgIpc) is 2.74. The number of benzene rings is 1. The van der Waals surface area contributed by atoms with Crippen LogP contribution in [0.15, 0.2) is 42.6 Å². The maximum atomic E-state index is 13.9. The Bertz CT molecular complexity index is 942. The van der Waals surface area contributed by atoms with Gasteiger partial charge in [0.25, 0.3) is 5.92 Å². The second-order valence-corrected chi connectivity index (χ2v) is 7.11. The van der Waals surface area contributed by atoms with Crippen molar-refractivity contribution in [3.63, 3.8) is 0 Å². The molecule has 3 amide bonds. The summed E-state index contributed by atoms with van der Waals surface area (Å²) < 4.78 is 45.9. The fourth-order valence-electron chi connectivity index (χ4n) is 3.21. The Morgan fingerprint density at radius 2 is 2.03 bits per heavy atom. The molecule has 166 valence electrons. The van der Waals surface area contributed by atoms with Crippen LogP contribution in [0.4, 0.5) is 23.8 Å². The first-order valence-corrected chi connectivity index (χ1v) is 9.39. The van der Waals surface area contributed by atoms with E-state index in [1.807, 2.05) is 0 Å². The van der Waals surface area contributed by atoms with Crippen LogP contribution in [0.25, 0.3) is 0 Å². The van der Waals surface area contributed by atoms with Crippen molar-refractivity contribution in [2.45, 2.75) is 18.0 Å². The van der Waals surface area contributed by atoms with Crippen molar-refractivity contribution in [1.29, 1.82) is 0 Å². The molecule has 0 unspecified atom stereocenters. The number of nitrogens with one attached hydrogen (secondary N) is 2. The lowest BCUT2D eigenvalue weighted by Gasteiger charge is -2.38. The number of hydrogen-bond acceptors (Lipinski definition) is 5. The standard InChI is InChI=1S/C20H22F3N5O3/c1-31-9-15(28-11-20(22,23)10-26-19(28)30)13-6-7-25-16(8-13)27-18(29)17(24)12-2-4-14(21)5-3-12/h2-8,15,17H,9-11,24H2,1H3,(H,26,30)(H,25,27,29)/t15-,17+/m1/s1. The smallest absolute Gasteiger partial charge is 0.318 e. The van der Waals surface area contributed by atoms with E-state index in [-0.39, 0.29) is 12.4 Å². The molecule has 1 fully saturated rings. The van der Waals surface area contributed by atoms with E-state index in [2.05, 4.69) is 15.6 Å². The third-order valence-electron chi connectivity index (χ3n) is 4.79. The first-order valence-electron chi connectivity index (χ1n) is 9.39. The van der Waals surface area contributed by atoms with E-state index < -0.39 is 48.9 Å². The van der Waals surface area contributed by atoms with Gasteiger partial charge >= 0.3 is 6.03 Å². The first-order chi connectivity index (χ1) is 14.7. The molecular weight excluding hydrogens is 415 g/mol. The Morgan fingerprint density at radius 3 is 2.71 bits per heavy atom. The van der Waals surface area contributed by atoms with Crippen molar-refractivity contribution in [2.75, 3.05) is 32.1 Å². The van der Waals surface area contributed by atoms with E-state index >= 15 is 0 Å². The molecule has 1 aromatic heterocycles. The molecule has 0 saturated carbocycles. The molecule has 0 spiro atoms. The Hall–Kier alpha value is -3.18.